The van der Waals surface area contributed by atoms with Crippen molar-refractivity contribution in [3.8, 4) is 0 Å². The minimum absolute atomic E-state index is 0.00486. The van der Waals surface area contributed by atoms with Crippen molar-refractivity contribution in [3.63, 3.8) is 0 Å². The Labute approximate surface area is 111 Å². The van der Waals surface area contributed by atoms with Crippen LogP contribution >= 0.6 is 0 Å². The van der Waals surface area contributed by atoms with E-state index in [2.05, 4.69) is 10.2 Å². The van der Waals surface area contributed by atoms with Crippen LogP contribution in [0.4, 0.5) is 14.5 Å². The van der Waals surface area contributed by atoms with Crippen molar-refractivity contribution >= 4 is 17.4 Å². The van der Waals surface area contributed by atoms with Crippen molar-refractivity contribution in [2.45, 2.75) is 13.5 Å². The van der Waals surface area contributed by atoms with Crippen LogP contribution in [0, 0.1) is 18.6 Å². The zero-order valence-corrected chi connectivity index (χ0v) is 10.2. The Morgan fingerprint density at radius 1 is 1.20 bits per heavy atom. The molecule has 1 aliphatic heterocycles. The summed E-state index contributed by atoms with van der Waals surface area (Å²) in [7, 11) is 0. The largest absolute Gasteiger partial charge is 0.424 e. The van der Waals surface area contributed by atoms with E-state index < -0.39 is 23.3 Å². The molecule has 1 aliphatic rings. The summed E-state index contributed by atoms with van der Waals surface area (Å²) in [6.07, 6.45) is 0. The molecule has 2 aromatic rings. The summed E-state index contributed by atoms with van der Waals surface area (Å²) >= 11 is 0. The highest BCUT2D eigenvalue weighted by Crippen LogP contribution is 2.32. The van der Waals surface area contributed by atoms with Gasteiger partial charge >= 0.3 is 0 Å². The molecule has 0 spiro atoms. The molecule has 6 nitrogen and oxygen atoms in total. The van der Waals surface area contributed by atoms with Crippen LogP contribution in [0.25, 0.3) is 0 Å². The Bertz CT molecular complexity index is 742. The van der Waals surface area contributed by atoms with E-state index in [9.17, 15) is 18.4 Å². The van der Waals surface area contributed by atoms with Gasteiger partial charge < -0.3 is 4.42 Å². The number of carbonyl (C=O) groups excluding carboxylic acids is 2. The number of nitrogens with zero attached hydrogens (tertiary/aromatic N) is 3. The molecule has 0 fully saturated rings. The number of hydrogen-bond donors (Lipinski definition) is 0. The molecular formula is C12H7F2N3O3. The average molecular weight is 279 g/mol. The number of rotatable bonds is 2. The van der Waals surface area contributed by atoms with Gasteiger partial charge in [-0.1, -0.05) is 0 Å². The number of aryl methyl sites for hydroxylation is 1. The molecule has 1 amide bonds. The van der Waals surface area contributed by atoms with Crippen molar-refractivity contribution in [1.82, 2.24) is 10.2 Å². The van der Waals surface area contributed by atoms with Gasteiger partial charge in [-0.05, 0) is 6.07 Å². The standard InChI is InChI=1S/C12H7F2N3O3/c1-5-15-16-10(20-5)4-17-9-3-8(14)7(13)2-6(9)11(18)12(17)19/h2-3H,4H2,1H3. The lowest BCUT2D eigenvalue weighted by Gasteiger charge is -2.13. The van der Waals surface area contributed by atoms with E-state index in [-0.39, 0.29) is 23.7 Å². The van der Waals surface area contributed by atoms with Gasteiger partial charge in [0.05, 0.1) is 11.3 Å². The summed E-state index contributed by atoms with van der Waals surface area (Å²) < 4.78 is 31.5. The number of fused-ring (bicyclic) bond motifs is 1. The highest BCUT2D eigenvalue weighted by Gasteiger charge is 2.37. The molecule has 8 heteroatoms. The van der Waals surface area contributed by atoms with Crippen LogP contribution < -0.4 is 4.90 Å². The van der Waals surface area contributed by atoms with Crippen molar-refractivity contribution in [2.75, 3.05) is 4.90 Å². The Kier molecular flexibility index (Phi) is 2.60. The molecule has 0 aliphatic carbocycles. The smallest absolute Gasteiger partial charge is 0.299 e. The zero-order chi connectivity index (χ0) is 14.4. The average Bonchev–Trinajstić information content (AvgIpc) is 2.90. The summed E-state index contributed by atoms with van der Waals surface area (Å²) in [6, 6.07) is 1.51. The number of halogens is 2. The summed E-state index contributed by atoms with van der Waals surface area (Å²) in [4.78, 5) is 24.5. The van der Waals surface area contributed by atoms with Gasteiger partial charge in [-0.15, -0.1) is 10.2 Å². The van der Waals surface area contributed by atoms with Gasteiger partial charge in [0.25, 0.3) is 11.7 Å². The Balaban J connectivity index is 2.03. The fourth-order valence-corrected chi connectivity index (χ4v) is 1.98. The number of hydrogen-bond acceptors (Lipinski definition) is 5. The van der Waals surface area contributed by atoms with Gasteiger partial charge in [0.1, 0.15) is 6.54 Å². The maximum Gasteiger partial charge on any atom is 0.299 e. The summed E-state index contributed by atoms with van der Waals surface area (Å²) in [5, 5.41) is 7.28. The molecule has 0 bridgehead atoms. The first-order valence-corrected chi connectivity index (χ1v) is 5.61. The third-order valence-corrected chi connectivity index (χ3v) is 2.87. The van der Waals surface area contributed by atoms with E-state index in [4.69, 9.17) is 4.42 Å². The van der Waals surface area contributed by atoms with E-state index >= 15 is 0 Å². The number of ketones is 1. The second-order valence-corrected chi connectivity index (χ2v) is 4.22. The van der Waals surface area contributed by atoms with Gasteiger partial charge in [0.15, 0.2) is 11.6 Å². The van der Waals surface area contributed by atoms with Gasteiger partial charge in [0, 0.05) is 13.0 Å². The second-order valence-electron chi connectivity index (χ2n) is 4.22. The number of amides is 1. The van der Waals surface area contributed by atoms with Crippen molar-refractivity contribution in [3.05, 3.63) is 41.1 Å². The van der Waals surface area contributed by atoms with E-state index in [0.29, 0.717) is 12.0 Å². The topological polar surface area (TPSA) is 76.3 Å². The Hall–Kier alpha value is -2.64. The van der Waals surface area contributed by atoms with Gasteiger partial charge in [-0.3, -0.25) is 14.5 Å². The van der Waals surface area contributed by atoms with E-state index in [1.165, 1.54) is 0 Å². The lowest BCUT2D eigenvalue weighted by atomic mass is 10.1. The molecule has 0 saturated carbocycles. The molecule has 1 aromatic carbocycles. The third-order valence-electron chi connectivity index (χ3n) is 2.87. The first-order chi connectivity index (χ1) is 9.47. The summed E-state index contributed by atoms with van der Waals surface area (Å²) in [5.41, 5.74) is -0.181. The fourth-order valence-electron chi connectivity index (χ4n) is 1.98. The van der Waals surface area contributed by atoms with E-state index in [1.54, 1.807) is 6.92 Å². The fraction of sp³-hybridized carbons (Fsp3) is 0.167. The van der Waals surface area contributed by atoms with E-state index in [1.807, 2.05) is 0 Å². The number of Topliss-reactive ketones (excluding diaryl/α,β-unsaturated/α-hetero) is 1. The van der Waals surface area contributed by atoms with Gasteiger partial charge in [-0.2, -0.15) is 0 Å². The lowest BCUT2D eigenvalue weighted by molar-refractivity contribution is -0.114. The van der Waals surface area contributed by atoms with Crippen LogP contribution in [0.2, 0.25) is 0 Å². The maximum atomic E-state index is 13.3. The van der Waals surface area contributed by atoms with Crippen molar-refractivity contribution < 1.29 is 22.8 Å². The van der Waals surface area contributed by atoms with Crippen LogP contribution in [-0.4, -0.2) is 21.9 Å². The number of carbonyl (C=O) groups is 2. The highest BCUT2D eigenvalue weighted by molar-refractivity contribution is 6.52. The monoisotopic (exact) mass is 279 g/mol. The molecular weight excluding hydrogens is 272 g/mol. The van der Waals surface area contributed by atoms with Crippen LogP contribution in [-0.2, 0) is 11.3 Å². The maximum absolute atomic E-state index is 13.3. The molecule has 2 heterocycles. The molecule has 0 saturated heterocycles. The molecule has 102 valence electrons. The van der Waals surface area contributed by atoms with Crippen LogP contribution in [0.5, 0.6) is 0 Å². The van der Waals surface area contributed by atoms with Crippen LogP contribution in [0.15, 0.2) is 16.5 Å². The first-order valence-electron chi connectivity index (χ1n) is 5.61. The minimum atomic E-state index is -1.18. The van der Waals surface area contributed by atoms with Gasteiger partial charge in [-0.25, -0.2) is 8.78 Å². The number of aromatic nitrogens is 2. The van der Waals surface area contributed by atoms with Gasteiger partial charge in [0.2, 0.25) is 11.8 Å². The van der Waals surface area contributed by atoms with Crippen molar-refractivity contribution in [2.24, 2.45) is 0 Å². The lowest BCUT2D eigenvalue weighted by Crippen LogP contribution is -2.29. The highest BCUT2D eigenvalue weighted by atomic mass is 19.2. The molecule has 0 atom stereocenters. The molecule has 20 heavy (non-hydrogen) atoms. The molecule has 1 aromatic heterocycles. The quantitative estimate of drug-likeness (QED) is 0.776. The predicted molar refractivity (Wildman–Crippen MR) is 60.9 cm³/mol. The van der Waals surface area contributed by atoms with Crippen molar-refractivity contribution in [1.29, 1.82) is 0 Å². The normalized spacial score (nSPS) is 14.1. The second kappa shape index (κ2) is 4.19. The third kappa shape index (κ3) is 1.77. The summed E-state index contributed by atoms with van der Waals surface area (Å²) in [6.45, 7) is 1.39. The van der Waals surface area contributed by atoms with Crippen LogP contribution in [0.3, 0.4) is 0 Å². The van der Waals surface area contributed by atoms with Crippen LogP contribution in [0.1, 0.15) is 22.1 Å². The van der Waals surface area contributed by atoms with E-state index in [0.717, 1.165) is 11.0 Å². The SMILES string of the molecule is Cc1nnc(CN2C(=O)C(=O)c3cc(F)c(F)cc32)o1. The molecule has 0 N–H and O–H groups in total. The zero-order valence-electron chi connectivity index (χ0n) is 10.2. The Morgan fingerprint density at radius 2 is 1.90 bits per heavy atom. The predicted octanol–water partition coefficient (Wildman–Crippen LogP) is 1.39. The molecule has 0 unspecified atom stereocenters. The Morgan fingerprint density at radius 3 is 2.55 bits per heavy atom. The molecule has 3 rings (SSSR count). The molecule has 0 radical (unpaired) electrons. The minimum Gasteiger partial charge on any atom is -0.424 e. The number of anilines is 1. The number of benzene rings is 1. The first kappa shape index (κ1) is 12.4. The summed E-state index contributed by atoms with van der Waals surface area (Å²) in [5.74, 6) is -3.71.